The predicted molar refractivity (Wildman–Crippen MR) is 154 cm³/mol. The topological polar surface area (TPSA) is 74.6 Å². The summed E-state index contributed by atoms with van der Waals surface area (Å²) in [4.78, 5) is 26.2. The number of piperidine rings is 1. The minimum absolute atomic E-state index is 0.0997. The Balaban J connectivity index is 1.34. The van der Waals surface area contributed by atoms with Crippen LogP contribution in [0.4, 0.5) is 10.5 Å². The van der Waals surface area contributed by atoms with Gasteiger partial charge in [0.25, 0.3) is 0 Å². The van der Waals surface area contributed by atoms with E-state index in [4.69, 9.17) is 16.3 Å². The second kappa shape index (κ2) is 11.3. The van der Waals surface area contributed by atoms with Crippen molar-refractivity contribution in [3.63, 3.8) is 0 Å². The van der Waals surface area contributed by atoms with Crippen LogP contribution in [0.5, 0.6) is 0 Å². The Bertz CT molecular complexity index is 1440. The maximum absolute atomic E-state index is 12.6. The molecule has 7 heteroatoms. The number of fused-ring (bicyclic) bond motifs is 1. The van der Waals surface area contributed by atoms with Crippen molar-refractivity contribution >= 4 is 22.8 Å². The molecule has 1 amide bonds. The number of likely N-dealkylation sites (tertiary alicyclic amines) is 1. The Morgan fingerprint density at radius 2 is 1.82 bits per heavy atom. The molecule has 4 aromatic rings. The Labute approximate surface area is 230 Å². The number of benzene rings is 3. The van der Waals surface area contributed by atoms with Gasteiger partial charge in [0.05, 0.1) is 24.2 Å². The van der Waals surface area contributed by atoms with Crippen molar-refractivity contribution in [1.82, 2.24) is 20.2 Å². The highest BCUT2D eigenvalue weighted by Gasteiger charge is 2.31. The first-order valence-corrected chi connectivity index (χ1v) is 13.5. The number of para-hydroxylation sites is 2. The predicted octanol–water partition coefficient (Wildman–Crippen LogP) is 7.26. The lowest BCUT2D eigenvalue weighted by atomic mass is 9.85. The van der Waals surface area contributed by atoms with Crippen LogP contribution in [0.3, 0.4) is 0 Å². The SMILES string of the molecule is [C-]#[N+]c1cccc(-c2ccc(C(NCc3nc4ccccc4[nH]3)C3CCN(C(=O)OC(C)(C)C)CC3)cc2)c1. The lowest BCUT2D eigenvalue weighted by molar-refractivity contribution is 0.0168. The van der Waals surface area contributed by atoms with Gasteiger partial charge in [-0.2, -0.15) is 0 Å². The zero-order valence-corrected chi connectivity index (χ0v) is 22.8. The van der Waals surface area contributed by atoms with Gasteiger partial charge in [0.1, 0.15) is 11.4 Å². The number of imidazole rings is 1. The number of nitrogens with zero attached hydrogens (tertiary/aromatic N) is 3. The second-order valence-corrected chi connectivity index (χ2v) is 11.1. The van der Waals surface area contributed by atoms with Crippen molar-refractivity contribution in [3.8, 4) is 11.1 Å². The van der Waals surface area contributed by atoms with Crippen molar-refractivity contribution in [1.29, 1.82) is 0 Å². The largest absolute Gasteiger partial charge is 0.444 e. The maximum Gasteiger partial charge on any atom is 0.410 e. The van der Waals surface area contributed by atoms with Crippen molar-refractivity contribution in [2.24, 2.45) is 5.92 Å². The molecule has 3 aromatic carbocycles. The van der Waals surface area contributed by atoms with E-state index in [0.717, 1.165) is 40.8 Å². The molecule has 1 aliphatic rings. The number of aromatic nitrogens is 2. The summed E-state index contributed by atoms with van der Waals surface area (Å²) in [5.41, 5.74) is 5.45. The minimum atomic E-state index is -0.499. The van der Waals surface area contributed by atoms with E-state index in [2.05, 4.69) is 39.4 Å². The van der Waals surface area contributed by atoms with E-state index in [1.165, 1.54) is 5.56 Å². The molecule has 0 bridgehead atoms. The average molecular weight is 522 g/mol. The summed E-state index contributed by atoms with van der Waals surface area (Å²) in [5.74, 6) is 1.25. The summed E-state index contributed by atoms with van der Waals surface area (Å²) in [6.45, 7) is 15.0. The molecule has 1 unspecified atom stereocenters. The van der Waals surface area contributed by atoms with E-state index in [-0.39, 0.29) is 12.1 Å². The van der Waals surface area contributed by atoms with Gasteiger partial charge < -0.3 is 19.9 Å². The summed E-state index contributed by atoms with van der Waals surface area (Å²) in [6.07, 6.45) is 1.52. The molecule has 200 valence electrons. The molecule has 5 rings (SSSR count). The third-order valence-electron chi connectivity index (χ3n) is 7.17. The van der Waals surface area contributed by atoms with Crippen molar-refractivity contribution in [2.75, 3.05) is 13.1 Å². The van der Waals surface area contributed by atoms with Crippen molar-refractivity contribution in [2.45, 2.75) is 51.8 Å². The number of aromatic amines is 1. The molecule has 1 saturated heterocycles. The normalized spacial score (nSPS) is 15.2. The number of hydrogen-bond acceptors (Lipinski definition) is 4. The summed E-state index contributed by atoms with van der Waals surface area (Å²) < 4.78 is 5.60. The van der Waals surface area contributed by atoms with E-state index in [1.54, 1.807) is 0 Å². The number of carbonyl (C=O) groups excluding carboxylic acids is 1. The quantitative estimate of drug-likeness (QED) is 0.262. The molecule has 0 aliphatic carbocycles. The Hall–Kier alpha value is -4.15. The van der Waals surface area contributed by atoms with Crippen LogP contribution in [-0.2, 0) is 11.3 Å². The van der Waals surface area contributed by atoms with E-state index in [1.807, 2.05) is 74.2 Å². The number of amides is 1. The van der Waals surface area contributed by atoms with Crippen LogP contribution in [-0.4, -0.2) is 39.7 Å². The monoisotopic (exact) mass is 521 g/mol. The Morgan fingerprint density at radius 1 is 1.08 bits per heavy atom. The molecule has 39 heavy (non-hydrogen) atoms. The molecule has 0 saturated carbocycles. The number of nitrogens with one attached hydrogen (secondary N) is 2. The molecule has 1 aliphatic heterocycles. The first-order valence-electron chi connectivity index (χ1n) is 13.5. The van der Waals surface area contributed by atoms with Gasteiger partial charge >= 0.3 is 6.09 Å². The molecule has 0 spiro atoms. The van der Waals surface area contributed by atoms with Crippen molar-refractivity contribution in [3.05, 3.63) is 95.6 Å². The van der Waals surface area contributed by atoms with Gasteiger partial charge in [-0.1, -0.05) is 54.6 Å². The van der Waals surface area contributed by atoms with Gasteiger partial charge in [0.2, 0.25) is 0 Å². The van der Waals surface area contributed by atoms with Gasteiger partial charge in [-0.25, -0.2) is 14.6 Å². The van der Waals surface area contributed by atoms with Gasteiger partial charge in [-0.05, 0) is 74.4 Å². The van der Waals surface area contributed by atoms with Gasteiger partial charge in [0, 0.05) is 19.1 Å². The average Bonchev–Trinajstić information content (AvgIpc) is 3.36. The number of hydrogen-bond donors (Lipinski definition) is 2. The van der Waals surface area contributed by atoms with Crippen LogP contribution in [0, 0.1) is 12.5 Å². The zero-order chi connectivity index (χ0) is 27.4. The van der Waals surface area contributed by atoms with E-state index in [9.17, 15) is 4.79 Å². The lowest BCUT2D eigenvalue weighted by Gasteiger charge is -2.37. The minimum Gasteiger partial charge on any atom is -0.444 e. The summed E-state index contributed by atoms with van der Waals surface area (Å²) >= 11 is 0. The molecular formula is C32H35N5O2. The maximum atomic E-state index is 12.6. The van der Waals surface area contributed by atoms with Crippen LogP contribution in [0.1, 0.15) is 51.0 Å². The standard InChI is InChI=1S/C32H35N5O2/c1-32(2,3)39-31(38)37-18-16-24(17-19-37)30(34-21-29-35-27-10-5-6-11-28(27)36-29)23-14-12-22(13-15-23)25-8-7-9-26(20-25)33-4/h5-15,20,24,30,34H,16-19,21H2,1-3H3,(H,35,36). The van der Waals surface area contributed by atoms with Gasteiger partial charge in [-0.3, -0.25) is 0 Å². The van der Waals surface area contributed by atoms with Crippen LogP contribution in [0.15, 0.2) is 72.8 Å². The summed E-state index contributed by atoms with van der Waals surface area (Å²) in [6, 6.07) is 24.5. The molecule has 1 fully saturated rings. The number of ether oxygens (including phenoxy) is 1. The highest BCUT2D eigenvalue weighted by atomic mass is 16.6. The molecule has 7 nitrogen and oxygen atoms in total. The fraction of sp³-hybridized carbons (Fsp3) is 0.344. The summed E-state index contributed by atoms with van der Waals surface area (Å²) in [7, 11) is 0. The molecule has 1 atom stereocenters. The highest BCUT2D eigenvalue weighted by molar-refractivity contribution is 5.74. The van der Waals surface area contributed by atoms with Gasteiger partial charge in [0.15, 0.2) is 5.69 Å². The van der Waals surface area contributed by atoms with E-state index >= 15 is 0 Å². The third kappa shape index (κ3) is 6.47. The van der Waals surface area contributed by atoms with Crippen LogP contribution in [0.25, 0.3) is 27.0 Å². The third-order valence-corrected chi connectivity index (χ3v) is 7.17. The molecular weight excluding hydrogens is 486 g/mol. The zero-order valence-electron chi connectivity index (χ0n) is 22.8. The van der Waals surface area contributed by atoms with Crippen LogP contribution < -0.4 is 5.32 Å². The van der Waals surface area contributed by atoms with Gasteiger partial charge in [-0.15, -0.1) is 0 Å². The number of H-pyrrole nitrogens is 1. The van der Waals surface area contributed by atoms with Crippen LogP contribution in [0.2, 0.25) is 0 Å². The first kappa shape index (κ1) is 26.5. The van der Waals surface area contributed by atoms with Crippen molar-refractivity contribution < 1.29 is 9.53 Å². The smallest absolute Gasteiger partial charge is 0.410 e. The molecule has 2 N–H and O–H groups in total. The lowest BCUT2D eigenvalue weighted by Crippen LogP contribution is -2.44. The molecule has 1 aromatic heterocycles. The fourth-order valence-corrected chi connectivity index (χ4v) is 5.23. The van der Waals surface area contributed by atoms with E-state index in [0.29, 0.717) is 31.2 Å². The van der Waals surface area contributed by atoms with E-state index < -0.39 is 5.60 Å². The Kier molecular flexibility index (Phi) is 7.67. The Morgan fingerprint density at radius 3 is 2.51 bits per heavy atom. The first-order chi connectivity index (χ1) is 18.8. The fourth-order valence-electron chi connectivity index (χ4n) is 5.23. The van der Waals surface area contributed by atoms with Crippen LogP contribution >= 0.6 is 0 Å². The molecule has 0 radical (unpaired) electrons. The number of carbonyl (C=O) groups is 1. The highest BCUT2D eigenvalue weighted by Crippen LogP contribution is 2.33. The molecule has 2 heterocycles. The second-order valence-electron chi connectivity index (χ2n) is 11.1. The summed E-state index contributed by atoms with van der Waals surface area (Å²) in [5, 5.41) is 3.77. The number of rotatable bonds is 6.